The Morgan fingerprint density at radius 2 is 1.86 bits per heavy atom. The van der Waals surface area contributed by atoms with Crippen LogP contribution in [0.1, 0.15) is 68.6 Å². The number of esters is 1. The molecule has 2 aliphatic heterocycles. The second kappa shape index (κ2) is 10.6. The van der Waals surface area contributed by atoms with E-state index < -0.39 is 5.97 Å². The van der Waals surface area contributed by atoms with Gasteiger partial charge in [-0.25, -0.2) is 4.79 Å². The van der Waals surface area contributed by atoms with E-state index in [1.54, 1.807) is 43.0 Å². The summed E-state index contributed by atoms with van der Waals surface area (Å²) in [4.78, 5) is 38.8. The predicted octanol–water partition coefficient (Wildman–Crippen LogP) is 2.48. The van der Waals surface area contributed by atoms with Gasteiger partial charge in [0.2, 0.25) is 0 Å². The van der Waals surface area contributed by atoms with E-state index >= 15 is 0 Å². The van der Waals surface area contributed by atoms with Crippen molar-refractivity contribution >= 4 is 17.8 Å². The second-order valence-electron chi connectivity index (χ2n) is 9.58. The molecule has 0 saturated carbocycles. The molecule has 1 N–H and O–H groups in total. The fraction of sp³-hybridized carbons (Fsp3) is 0.538. The lowest BCUT2D eigenvalue weighted by atomic mass is 9.75. The standard InChI is InChI=1S/C26H34N4O5/c1-4-30-22-20(16-26(17-27-23(22)31)11-14-34-15-12-26)21(28-30)6-5-13-35-25(33)19-9-7-18(8-10-19)24(32)29(2)3/h7-10H,4-6,11-17H2,1-3H3,(H,27,31). The number of aryl methyl sites for hydroxylation is 2. The van der Waals surface area contributed by atoms with Crippen LogP contribution in [0, 0.1) is 5.41 Å². The fourth-order valence-electron chi connectivity index (χ4n) is 4.86. The van der Waals surface area contributed by atoms with E-state index in [0.717, 1.165) is 30.5 Å². The van der Waals surface area contributed by atoms with Gasteiger partial charge in [-0.1, -0.05) is 0 Å². The Morgan fingerprint density at radius 1 is 1.17 bits per heavy atom. The van der Waals surface area contributed by atoms with E-state index in [4.69, 9.17) is 14.6 Å². The fourth-order valence-corrected chi connectivity index (χ4v) is 4.86. The van der Waals surface area contributed by atoms with Gasteiger partial charge in [-0.3, -0.25) is 14.3 Å². The first-order valence-electron chi connectivity index (χ1n) is 12.3. The lowest BCUT2D eigenvalue weighted by Crippen LogP contribution is -2.40. The minimum Gasteiger partial charge on any atom is -0.462 e. The SMILES string of the molecule is CCn1nc(CCCOC(=O)c2ccc(C(=O)N(C)C)cc2)c2c1C(=O)NCC1(CCOCC1)C2. The van der Waals surface area contributed by atoms with E-state index in [-0.39, 0.29) is 23.8 Å². The number of nitrogens with zero attached hydrogens (tertiary/aromatic N) is 3. The van der Waals surface area contributed by atoms with Crippen LogP contribution in [0.4, 0.5) is 0 Å². The Kier molecular flexibility index (Phi) is 7.54. The zero-order valence-corrected chi connectivity index (χ0v) is 20.8. The molecule has 1 aromatic carbocycles. The summed E-state index contributed by atoms with van der Waals surface area (Å²) in [6.45, 7) is 4.93. The molecule has 0 radical (unpaired) electrons. The summed E-state index contributed by atoms with van der Waals surface area (Å²) >= 11 is 0. The van der Waals surface area contributed by atoms with E-state index in [1.807, 2.05) is 6.92 Å². The lowest BCUT2D eigenvalue weighted by molar-refractivity contribution is 0.0160. The highest BCUT2D eigenvalue weighted by atomic mass is 16.5. The zero-order chi connectivity index (χ0) is 25.0. The number of benzene rings is 1. The monoisotopic (exact) mass is 482 g/mol. The number of carbonyl (C=O) groups excluding carboxylic acids is 3. The molecule has 0 unspecified atom stereocenters. The highest BCUT2D eigenvalue weighted by Crippen LogP contribution is 2.37. The lowest BCUT2D eigenvalue weighted by Gasteiger charge is -2.36. The van der Waals surface area contributed by atoms with E-state index in [9.17, 15) is 14.4 Å². The van der Waals surface area contributed by atoms with Gasteiger partial charge in [-0.2, -0.15) is 5.10 Å². The van der Waals surface area contributed by atoms with Gasteiger partial charge in [0.15, 0.2) is 0 Å². The van der Waals surface area contributed by atoms with Crippen LogP contribution in [0.2, 0.25) is 0 Å². The third-order valence-corrected chi connectivity index (χ3v) is 6.94. The topological polar surface area (TPSA) is 103 Å². The van der Waals surface area contributed by atoms with Gasteiger partial charge in [-0.15, -0.1) is 0 Å². The Morgan fingerprint density at radius 3 is 2.51 bits per heavy atom. The summed E-state index contributed by atoms with van der Waals surface area (Å²) < 4.78 is 12.8. The number of nitrogens with one attached hydrogen (secondary N) is 1. The van der Waals surface area contributed by atoms with Crippen molar-refractivity contribution in [2.45, 2.75) is 45.6 Å². The van der Waals surface area contributed by atoms with Gasteiger partial charge in [0, 0.05) is 51.5 Å². The molecule has 2 aliphatic rings. The van der Waals surface area contributed by atoms with Crippen molar-refractivity contribution in [2.24, 2.45) is 5.41 Å². The van der Waals surface area contributed by atoms with E-state index in [0.29, 0.717) is 56.0 Å². The maximum absolute atomic E-state index is 12.9. The summed E-state index contributed by atoms with van der Waals surface area (Å²) in [5, 5.41) is 7.86. The van der Waals surface area contributed by atoms with Gasteiger partial charge < -0.3 is 19.7 Å². The van der Waals surface area contributed by atoms with Crippen molar-refractivity contribution in [3.8, 4) is 0 Å². The van der Waals surface area contributed by atoms with Crippen molar-refractivity contribution in [1.82, 2.24) is 20.0 Å². The number of hydrogen-bond acceptors (Lipinski definition) is 6. The third kappa shape index (κ3) is 5.40. The third-order valence-electron chi connectivity index (χ3n) is 6.94. The normalized spacial score (nSPS) is 16.8. The number of ether oxygens (including phenoxy) is 2. The van der Waals surface area contributed by atoms with Crippen LogP contribution < -0.4 is 5.32 Å². The summed E-state index contributed by atoms with van der Waals surface area (Å²) in [6.07, 6.45) is 3.87. The molecule has 2 aromatic rings. The van der Waals surface area contributed by atoms with Crippen molar-refractivity contribution in [1.29, 1.82) is 0 Å². The molecule has 4 rings (SSSR count). The van der Waals surface area contributed by atoms with Crippen LogP contribution >= 0.6 is 0 Å². The number of rotatable bonds is 7. The highest BCUT2D eigenvalue weighted by molar-refractivity contribution is 5.96. The molecule has 1 saturated heterocycles. The average Bonchev–Trinajstić information content (AvgIpc) is 3.15. The summed E-state index contributed by atoms with van der Waals surface area (Å²) in [5.41, 5.74) is 3.52. The Hall–Kier alpha value is -3.20. The van der Waals surface area contributed by atoms with Gasteiger partial charge in [0.1, 0.15) is 5.69 Å². The second-order valence-corrected chi connectivity index (χ2v) is 9.58. The van der Waals surface area contributed by atoms with Crippen LogP contribution in [-0.4, -0.2) is 72.9 Å². The maximum Gasteiger partial charge on any atom is 0.338 e. The molecular weight excluding hydrogens is 448 g/mol. The van der Waals surface area contributed by atoms with Crippen molar-refractivity contribution < 1.29 is 23.9 Å². The van der Waals surface area contributed by atoms with Gasteiger partial charge in [-0.05, 0) is 68.7 Å². The zero-order valence-electron chi connectivity index (χ0n) is 20.8. The number of fused-ring (bicyclic) bond motifs is 1. The molecule has 0 atom stereocenters. The molecule has 0 aliphatic carbocycles. The van der Waals surface area contributed by atoms with Crippen LogP contribution in [0.15, 0.2) is 24.3 Å². The van der Waals surface area contributed by atoms with Crippen molar-refractivity contribution in [3.05, 3.63) is 52.3 Å². The molecule has 188 valence electrons. The first-order valence-corrected chi connectivity index (χ1v) is 12.3. The Labute approximate surface area is 205 Å². The molecule has 9 heteroatoms. The minimum atomic E-state index is -0.424. The quantitative estimate of drug-likeness (QED) is 0.481. The van der Waals surface area contributed by atoms with Crippen LogP contribution in [-0.2, 0) is 28.9 Å². The highest BCUT2D eigenvalue weighted by Gasteiger charge is 2.39. The van der Waals surface area contributed by atoms with Gasteiger partial charge in [0.05, 0.1) is 17.9 Å². The molecule has 1 spiro atoms. The smallest absolute Gasteiger partial charge is 0.338 e. The predicted molar refractivity (Wildman–Crippen MR) is 129 cm³/mol. The average molecular weight is 483 g/mol. The number of carbonyl (C=O) groups is 3. The molecule has 2 amide bonds. The van der Waals surface area contributed by atoms with E-state index in [2.05, 4.69) is 5.32 Å². The van der Waals surface area contributed by atoms with Gasteiger partial charge >= 0.3 is 5.97 Å². The molecule has 3 heterocycles. The first-order chi connectivity index (χ1) is 16.8. The van der Waals surface area contributed by atoms with Crippen molar-refractivity contribution in [3.63, 3.8) is 0 Å². The Balaban J connectivity index is 1.39. The van der Waals surface area contributed by atoms with E-state index in [1.165, 1.54) is 4.90 Å². The largest absolute Gasteiger partial charge is 0.462 e. The molecule has 0 bridgehead atoms. The maximum atomic E-state index is 12.9. The summed E-state index contributed by atoms with van der Waals surface area (Å²) in [6, 6.07) is 6.47. The Bertz CT molecular complexity index is 1080. The van der Waals surface area contributed by atoms with Gasteiger partial charge in [0.25, 0.3) is 11.8 Å². The summed E-state index contributed by atoms with van der Waals surface area (Å²) in [7, 11) is 3.37. The first kappa shape index (κ1) is 24.9. The summed E-state index contributed by atoms with van der Waals surface area (Å²) in [5.74, 6) is -0.606. The number of amides is 2. The van der Waals surface area contributed by atoms with Crippen molar-refractivity contribution in [2.75, 3.05) is 40.5 Å². The molecule has 35 heavy (non-hydrogen) atoms. The number of hydrogen-bond donors (Lipinski definition) is 1. The molecule has 1 fully saturated rings. The van der Waals surface area contributed by atoms with Crippen LogP contribution in [0.5, 0.6) is 0 Å². The van der Waals surface area contributed by atoms with Crippen LogP contribution in [0.25, 0.3) is 0 Å². The molecular formula is C26H34N4O5. The molecule has 9 nitrogen and oxygen atoms in total. The molecule has 1 aromatic heterocycles. The minimum absolute atomic E-state index is 0.00209. The number of aromatic nitrogens is 2. The van der Waals surface area contributed by atoms with Crippen LogP contribution in [0.3, 0.4) is 0 Å².